The van der Waals surface area contributed by atoms with Crippen LogP contribution in [0.15, 0.2) is 23.3 Å². The molecule has 2 aliphatic rings. The van der Waals surface area contributed by atoms with Crippen molar-refractivity contribution in [1.29, 1.82) is 0 Å². The minimum Gasteiger partial charge on any atom is -0.376 e. The van der Waals surface area contributed by atoms with Crippen LogP contribution in [0.5, 0.6) is 0 Å². The maximum atomic E-state index is 6.08. The second-order valence-corrected chi connectivity index (χ2v) is 8.26. The standard InChI is InChI=1S/C23H39N5O2.HI/c1-3-24-23(26-12-14-30-21-8-6-4-5-7-9-21)27-17-20-10-11-25-22(16-20)28-13-15-29-19(2)18-28;/h10-11,16,19,21H,3-9,12-15,17-18H2,1-2H3,(H2,24,26,27);1H. The normalized spacial score (nSPS) is 20.6. The molecule has 176 valence electrons. The molecule has 2 N–H and O–H groups in total. The average molecular weight is 546 g/mol. The summed E-state index contributed by atoms with van der Waals surface area (Å²) in [5.74, 6) is 1.84. The van der Waals surface area contributed by atoms with E-state index in [0.29, 0.717) is 12.6 Å². The number of anilines is 1. The molecule has 0 aromatic carbocycles. The summed E-state index contributed by atoms with van der Waals surface area (Å²) in [7, 11) is 0. The number of nitrogens with zero attached hydrogens (tertiary/aromatic N) is 3. The van der Waals surface area contributed by atoms with E-state index < -0.39 is 0 Å². The van der Waals surface area contributed by atoms with Crippen molar-refractivity contribution in [2.24, 2.45) is 4.99 Å². The first kappa shape index (κ1) is 26.1. The number of aliphatic imine (C=N–C) groups is 1. The zero-order chi connectivity index (χ0) is 21.0. The number of morpholine rings is 1. The van der Waals surface area contributed by atoms with Crippen molar-refractivity contribution >= 4 is 35.8 Å². The van der Waals surface area contributed by atoms with Gasteiger partial charge in [0.05, 0.1) is 32.0 Å². The SMILES string of the molecule is CCNC(=NCc1ccnc(N2CCOC(C)C2)c1)NCCOC1CCCCCC1.I. The number of aromatic nitrogens is 1. The lowest BCUT2D eigenvalue weighted by Gasteiger charge is -2.32. The zero-order valence-corrected chi connectivity index (χ0v) is 21.5. The van der Waals surface area contributed by atoms with Crippen LogP contribution in [0.3, 0.4) is 0 Å². The highest BCUT2D eigenvalue weighted by Crippen LogP contribution is 2.19. The lowest BCUT2D eigenvalue weighted by atomic mass is 10.1. The lowest BCUT2D eigenvalue weighted by molar-refractivity contribution is 0.0468. The Hall–Kier alpha value is -1.13. The van der Waals surface area contributed by atoms with Gasteiger partial charge in [0.1, 0.15) is 5.82 Å². The molecule has 0 amide bonds. The van der Waals surface area contributed by atoms with Gasteiger partial charge >= 0.3 is 0 Å². The van der Waals surface area contributed by atoms with Crippen LogP contribution in [-0.2, 0) is 16.0 Å². The largest absolute Gasteiger partial charge is 0.376 e. The van der Waals surface area contributed by atoms with Crippen LogP contribution < -0.4 is 15.5 Å². The van der Waals surface area contributed by atoms with Crippen molar-refractivity contribution < 1.29 is 9.47 Å². The Bertz CT molecular complexity index is 653. The van der Waals surface area contributed by atoms with Crippen LogP contribution in [0.25, 0.3) is 0 Å². The van der Waals surface area contributed by atoms with Crippen LogP contribution in [0, 0.1) is 0 Å². The van der Waals surface area contributed by atoms with E-state index >= 15 is 0 Å². The Morgan fingerprint density at radius 1 is 1.26 bits per heavy atom. The molecular formula is C23H40IN5O2. The number of rotatable bonds is 8. The highest BCUT2D eigenvalue weighted by atomic mass is 127. The molecule has 1 saturated heterocycles. The summed E-state index contributed by atoms with van der Waals surface area (Å²) in [4.78, 5) is 11.6. The fourth-order valence-electron chi connectivity index (χ4n) is 4.07. The first-order valence-corrected chi connectivity index (χ1v) is 11.7. The van der Waals surface area contributed by atoms with Gasteiger partial charge in [-0.25, -0.2) is 9.98 Å². The van der Waals surface area contributed by atoms with Gasteiger partial charge in [0.15, 0.2) is 5.96 Å². The van der Waals surface area contributed by atoms with E-state index in [9.17, 15) is 0 Å². The summed E-state index contributed by atoms with van der Waals surface area (Å²) in [6.07, 6.45) is 10.3. The molecule has 0 spiro atoms. The van der Waals surface area contributed by atoms with E-state index in [0.717, 1.165) is 56.7 Å². The first-order chi connectivity index (χ1) is 14.7. The summed E-state index contributed by atoms with van der Waals surface area (Å²) in [6.45, 7) is 9.66. The Morgan fingerprint density at radius 3 is 2.81 bits per heavy atom. The molecule has 0 radical (unpaired) electrons. The van der Waals surface area contributed by atoms with E-state index in [1.165, 1.54) is 38.5 Å². The predicted molar refractivity (Wildman–Crippen MR) is 138 cm³/mol. The van der Waals surface area contributed by atoms with Gasteiger partial charge < -0.3 is 25.0 Å². The van der Waals surface area contributed by atoms with Crippen LogP contribution in [0.2, 0.25) is 0 Å². The van der Waals surface area contributed by atoms with Crippen molar-refractivity contribution in [2.45, 2.75) is 71.1 Å². The fraction of sp³-hybridized carbons (Fsp3) is 0.739. The summed E-state index contributed by atoms with van der Waals surface area (Å²) < 4.78 is 11.7. The van der Waals surface area contributed by atoms with Gasteiger partial charge in [-0.1, -0.05) is 25.7 Å². The predicted octanol–water partition coefficient (Wildman–Crippen LogP) is 3.72. The maximum Gasteiger partial charge on any atom is 0.191 e. The van der Waals surface area contributed by atoms with Crippen molar-refractivity contribution in [3.63, 3.8) is 0 Å². The molecule has 2 heterocycles. The van der Waals surface area contributed by atoms with E-state index in [1.807, 2.05) is 12.3 Å². The Labute approximate surface area is 204 Å². The van der Waals surface area contributed by atoms with Crippen LogP contribution in [0.4, 0.5) is 5.82 Å². The van der Waals surface area contributed by atoms with Crippen LogP contribution in [-0.4, -0.2) is 62.5 Å². The van der Waals surface area contributed by atoms with Gasteiger partial charge in [-0.05, 0) is 44.4 Å². The number of nitrogens with one attached hydrogen (secondary N) is 2. The van der Waals surface area contributed by atoms with Crippen molar-refractivity contribution in [1.82, 2.24) is 15.6 Å². The first-order valence-electron chi connectivity index (χ1n) is 11.7. The number of pyridine rings is 1. The zero-order valence-electron chi connectivity index (χ0n) is 19.1. The molecular weight excluding hydrogens is 505 g/mol. The monoisotopic (exact) mass is 545 g/mol. The van der Waals surface area contributed by atoms with Gasteiger partial charge in [-0.3, -0.25) is 0 Å². The number of ether oxygens (including phenoxy) is 2. The molecule has 1 saturated carbocycles. The van der Waals surface area contributed by atoms with Gasteiger partial charge in [-0.15, -0.1) is 24.0 Å². The number of hydrogen-bond acceptors (Lipinski definition) is 5. The minimum absolute atomic E-state index is 0. The molecule has 8 heteroatoms. The average Bonchev–Trinajstić information content (AvgIpc) is 3.04. The molecule has 2 fully saturated rings. The Kier molecular flexibility index (Phi) is 12.5. The summed E-state index contributed by atoms with van der Waals surface area (Å²) >= 11 is 0. The smallest absolute Gasteiger partial charge is 0.191 e. The molecule has 31 heavy (non-hydrogen) atoms. The molecule has 1 aromatic heterocycles. The van der Waals surface area contributed by atoms with E-state index in [2.05, 4.69) is 40.4 Å². The third kappa shape index (κ3) is 9.49. The summed E-state index contributed by atoms with van der Waals surface area (Å²) in [6, 6.07) is 4.18. The van der Waals surface area contributed by atoms with E-state index in [-0.39, 0.29) is 30.1 Å². The number of hydrogen-bond donors (Lipinski definition) is 2. The molecule has 7 nitrogen and oxygen atoms in total. The van der Waals surface area contributed by atoms with E-state index in [4.69, 9.17) is 14.5 Å². The Morgan fingerprint density at radius 2 is 2.06 bits per heavy atom. The quantitative estimate of drug-likeness (QED) is 0.171. The minimum atomic E-state index is 0. The molecule has 1 atom stereocenters. The molecule has 1 unspecified atom stereocenters. The van der Waals surface area contributed by atoms with Crippen LogP contribution in [0.1, 0.15) is 57.9 Å². The highest BCUT2D eigenvalue weighted by Gasteiger charge is 2.18. The van der Waals surface area contributed by atoms with Gasteiger partial charge in [0.2, 0.25) is 0 Å². The molecule has 1 aliphatic carbocycles. The topological polar surface area (TPSA) is 71.0 Å². The fourth-order valence-corrected chi connectivity index (χ4v) is 4.07. The van der Waals surface area contributed by atoms with Crippen LogP contribution >= 0.6 is 24.0 Å². The molecule has 1 aromatic rings. The summed E-state index contributed by atoms with van der Waals surface area (Å²) in [5.41, 5.74) is 1.16. The maximum absolute atomic E-state index is 6.08. The molecule has 0 bridgehead atoms. The number of guanidine groups is 1. The molecule has 1 aliphatic heterocycles. The van der Waals surface area contributed by atoms with Gasteiger partial charge in [0.25, 0.3) is 0 Å². The number of halogens is 1. The van der Waals surface area contributed by atoms with Gasteiger partial charge in [-0.2, -0.15) is 0 Å². The van der Waals surface area contributed by atoms with E-state index in [1.54, 1.807) is 0 Å². The third-order valence-corrected chi connectivity index (χ3v) is 5.69. The van der Waals surface area contributed by atoms with Crippen molar-refractivity contribution in [3.05, 3.63) is 23.9 Å². The lowest BCUT2D eigenvalue weighted by Crippen LogP contribution is -2.41. The molecule has 3 rings (SSSR count). The third-order valence-electron chi connectivity index (χ3n) is 5.69. The van der Waals surface area contributed by atoms with Gasteiger partial charge in [0, 0.05) is 32.4 Å². The summed E-state index contributed by atoms with van der Waals surface area (Å²) in [5, 5.41) is 6.73. The Balaban J connectivity index is 0.00000341. The van der Waals surface area contributed by atoms with Crippen molar-refractivity contribution in [3.8, 4) is 0 Å². The van der Waals surface area contributed by atoms with Crippen molar-refractivity contribution in [2.75, 3.05) is 44.3 Å². The second kappa shape index (κ2) is 14.8. The highest BCUT2D eigenvalue weighted by molar-refractivity contribution is 14.0. The second-order valence-electron chi connectivity index (χ2n) is 8.26.